The Bertz CT molecular complexity index is 341. The van der Waals surface area contributed by atoms with E-state index < -0.39 is 5.97 Å². The Hall–Kier alpha value is -0.248. The van der Waals surface area contributed by atoms with E-state index in [-0.39, 0.29) is 44.3 Å². The molecule has 6 heteroatoms. The van der Waals surface area contributed by atoms with Crippen molar-refractivity contribution in [3.05, 3.63) is 18.6 Å². The number of aliphatic hydroxyl groups excluding tert-OH is 1. The SMILES string of the molecule is C=C(C)C(=O)O.OC1[CH-]CCC1OC1CCC2OC12.[Re]. The van der Waals surface area contributed by atoms with Crippen LogP contribution in [0, 0.1) is 6.42 Å². The Morgan fingerprint density at radius 2 is 2.00 bits per heavy atom. The Morgan fingerprint density at radius 3 is 2.35 bits per heavy atom. The van der Waals surface area contributed by atoms with Crippen LogP contribution in [0.15, 0.2) is 12.2 Å². The van der Waals surface area contributed by atoms with E-state index in [4.69, 9.17) is 14.6 Å². The van der Waals surface area contributed by atoms with E-state index in [2.05, 4.69) is 6.58 Å². The summed E-state index contributed by atoms with van der Waals surface area (Å²) >= 11 is 0. The van der Waals surface area contributed by atoms with Crippen LogP contribution in [0.25, 0.3) is 0 Å². The van der Waals surface area contributed by atoms with Crippen molar-refractivity contribution in [2.75, 3.05) is 0 Å². The number of carboxylic acid groups (broad SMARTS) is 1. The third-order valence-electron chi connectivity index (χ3n) is 3.68. The number of fused-ring (bicyclic) bond motifs is 1. The van der Waals surface area contributed by atoms with Gasteiger partial charge in [-0.2, -0.15) is 6.42 Å². The molecule has 2 aliphatic carbocycles. The summed E-state index contributed by atoms with van der Waals surface area (Å²) in [6.45, 7) is 4.60. The predicted molar refractivity (Wildman–Crippen MR) is 68.5 cm³/mol. The largest absolute Gasteiger partial charge is 0.478 e. The van der Waals surface area contributed by atoms with E-state index >= 15 is 0 Å². The van der Waals surface area contributed by atoms with Crippen molar-refractivity contribution in [2.45, 2.75) is 63.1 Å². The van der Waals surface area contributed by atoms with E-state index in [1.807, 2.05) is 6.42 Å². The van der Waals surface area contributed by atoms with Crippen molar-refractivity contribution in [2.24, 2.45) is 0 Å². The summed E-state index contributed by atoms with van der Waals surface area (Å²) in [7, 11) is 0. The number of aliphatic hydroxyl groups is 1. The molecule has 1 radical (unpaired) electrons. The zero-order valence-electron chi connectivity index (χ0n) is 11.5. The normalized spacial score (nSPS) is 37.2. The molecule has 5 atom stereocenters. The molecule has 0 aromatic carbocycles. The first kappa shape index (κ1) is 17.8. The second kappa shape index (κ2) is 7.67. The van der Waals surface area contributed by atoms with Crippen molar-refractivity contribution in [3.8, 4) is 0 Å². The number of rotatable bonds is 3. The van der Waals surface area contributed by atoms with Crippen LogP contribution in [-0.4, -0.2) is 46.7 Å². The van der Waals surface area contributed by atoms with Gasteiger partial charge in [-0.3, -0.25) is 6.42 Å². The third-order valence-corrected chi connectivity index (χ3v) is 3.68. The van der Waals surface area contributed by atoms with E-state index in [9.17, 15) is 9.90 Å². The predicted octanol–water partition coefficient (Wildman–Crippen LogP) is 1.30. The van der Waals surface area contributed by atoms with Gasteiger partial charge in [0.05, 0.1) is 18.3 Å². The summed E-state index contributed by atoms with van der Waals surface area (Å²) in [6.07, 6.45) is 6.91. The van der Waals surface area contributed by atoms with Crippen molar-refractivity contribution >= 4 is 5.97 Å². The van der Waals surface area contributed by atoms with Crippen LogP contribution < -0.4 is 0 Å². The molecule has 0 aromatic heterocycles. The molecule has 3 fully saturated rings. The van der Waals surface area contributed by atoms with Crippen LogP contribution in [0.5, 0.6) is 0 Å². The molecule has 1 aliphatic heterocycles. The van der Waals surface area contributed by atoms with Gasteiger partial charge >= 0.3 is 5.97 Å². The average molecular weight is 456 g/mol. The van der Waals surface area contributed by atoms with Crippen molar-refractivity contribution in [3.63, 3.8) is 0 Å². The van der Waals surface area contributed by atoms with Gasteiger partial charge in [-0.15, -0.1) is 0 Å². The molecule has 3 rings (SSSR count). The fourth-order valence-electron chi connectivity index (χ4n) is 2.48. The quantitative estimate of drug-likeness (QED) is 0.381. The van der Waals surface area contributed by atoms with Crippen LogP contribution in [0.2, 0.25) is 0 Å². The van der Waals surface area contributed by atoms with Crippen LogP contribution >= 0.6 is 0 Å². The van der Waals surface area contributed by atoms with Gasteiger partial charge in [-0.25, -0.2) is 4.79 Å². The monoisotopic (exact) mass is 456 g/mol. The number of carboxylic acids is 1. The third kappa shape index (κ3) is 4.64. The first-order chi connectivity index (χ1) is 8.99. The van der Waals surface area contributed by atoms with Crippen molar-refractivity contribution in [1.29, 1.82) is 0 Å². The van der Waals surface area contributed by atoms with Crippen molar-refractivity contribution in [1.82, 2.24) is 0 Å². The molecule has 0 bridgehead atoms. The van der Waals surface area contributed by atoms with Gasteiger partial charge in [0.25, 0.3) is 0 Å². The smallest absolute Gasteiger partial charge is 0.330 e. The number of hydrogen-bond donors (Lipinski definition) is 2. The van der Waals surface area contributed by atoms with Crippen molar-refractivity contribution < 1.29 is 44.9 Å². The molecular weight excluding hydrogens is 434 g/mol. The van der Waals surface area contributed by atoms with Gasteiger partial charge < -0.3 is 19.7 Å². The van der Waals surface area contributed by atoms with Crippen LogP contribution in [0.1, 0.15) is 32.6 Å². The molecule has 1 saturated heterocycles. The first-order valence-electron chi connectivity index (χ1n) is 6.70. The summed E-state index contributed by atoms with van der Waals surface area (Å²) in [4.78, 5) is 9.60. The molecule has 115 valence electrons. The molecule has 5 unspecified atom stereocenters. The van der Waals surface area contributed by atoms with E-state index in [1.54, 1.807) is 0 Å². The Kier molecular flexibility index (Phi) is 6.83. The molecule has 5 nitrogen and oxygen atoms in total. The van der Waals surface area contributed by atoms with Gasteiger partial charge in [0.15, 0.2) is 0 Å². The number of carbonyl (C=O) groups is 1. The van der Waals surface area contributed by atoms with Crippen LogP contribution in [0.3, 0.4) is 0 Å². The summed E-state index contributed by atoms with van der Waals surface area (Å²) < 4.78 is 11.2. The number of epoxide rings is 1. The van der Waals surface area contributed by atoms with E-state index in [0.29, 0.717) is 12.2 Å². The van der Waals surface area contributed by atoms with Gasteiger partial charge in [0, 0.05) is 26.0 Å². The zero-order valence-corrected chi connectivity index (χ0v) is 14.2. The van der Waals surface area contributed by atoms with Gasteiger partial charge in [-0.1, -0.05) is 13.0 Å². The maximum Gasteiger partial charge on any atom is 0.330 e. The minimum absolute atomic E-state index is 0. The molecule has 3 aliphatic rings. The average Bonchev–Trinajstić information content (AvgIpc) is 2.88. The minimum atomic E-state index is -0.935. The van der Waals surface area contributed by atoms with E-state index in [0.717, 1.165) is 25.7 Å². The molecule has 0 spiro atoms. The van der Waals surface area contributed by atoms with Crippen LogP contribution in [-0.2, 0) is 34.7 Å². The molecule has 2 saturated carbocycles. The van der Waals surface area contributed by atoms with Gasteiger partial charge in [0.1, 0.15) is 6.10 Å². The number of aliphatic carboxylic acids is 1. The second-order valence-electron chi connectivity index (χ2n) is 5.32. The molecule has 20 heavy (non-hydrogen) atoms. The molecule has 0 aromatic rings. The summed E-state index contributed by atoms with van der Waals surface area (Å²) in [5.41, 5.74) is 0.176. The first-order valence-corrected chi connectivity index (χ1v) is 6.70. The van der Waals surface area contributed by atoms with E-state index in [1.165, 1.54) is 6.92 Å². The summed E-state index contributed by atoms with van der Waals surface area (Å²) in [5.74, 6) is -0.935. The maximum absolute atomic E-state index is 9.60. The fraction of sp³-hybridized carbons (Fsp3) is 0.714. The molecular formula is C14H21O5Re-. The molecule has 1 heterocycles. The fourth-order valence-corrected chi connectivity index (χ4v) is 2.48. The minimum Gasteiger partial charge on any atom is -0.478 e. The summed E-state index contributed by atoms with van der Waals surface area (Å²) in [5, 5.41) is 17.4. The Labute approximate surface area is 133 Å². The second-order valence-corrected chi connectivity index (χ2v) is 5.32. The standard InChI is InChI=1S/C10H15O3.C4H6O2.Re/c11-6-2-1-3-7(6)12-8-4-5-9-10(8)13-9;1-3(2)4(5)6;/h2,6-11H,1,3-5H2;1H2,2H3,(H,5,6);/q-1;;. The van der Waals surface area contributed by atoms with Gasteiger partial charge in [0.2, 0.25) is 0 Å². The van der Waals surface area contributed by atoms with Crippen LogP contribution in [0.4, 0.5) is 0 Å². The Balaban J connectivity index is 0.000000250. The molecule has 2 N–H and O–H groups in total. The number of ether oxygens (including phenoxy) is 2. The maximum atomic E-state index is 9.60. The summed E-state index contributed by atoms with van der Waals surface area (Å²) in [6, 6.07) is 0. The zero-order chi connectivity index (χ0) is 14.0. The number of hydrogen-bond acceptors (Lipinski definition) is 4. The molecule has 0 amide bonds. The Morgan fingerprint density at radius 1 is 1.35 bits per heavy atom. The van der Waals surface area contributed by atoms with Gasteiger partial charge in [-0.05, 0) is 25.9 Å². The topological polar surface area (TPSA) is 79.3 Å².